The summed E-state index contributed by atoms with van der Waals surface area (Å²) in [5.74, 6) is -0.0163. The van der Waals surface area contributed by atoms with Crippen LogP contribution in [0.1, 0.15) is 10.4 Å². The first-order valence-electron chi connectivity index (χ1n) is 6.22. The van der Waals surface area contributed by atoms with Crippen molar-refractivity contribution in [1.29, 1.82) is 0 Å². The largest absolute Gasteiger partial charge is 0.340 e. The molecule has 0 fully saturated rings. The molecule has 0 saturated carbocycles. The third kappa shape index (κ3) is 3.20. The van der Waals surface area contributed by atoms with Crippen LogP contribution in [0.3, 0.4) is 0 Å². The number of amides is 1. The summed E-state index contributed by atoms with van der Waals surface area (Å²) >= 11 is 0. The van der Waals surface area contributed by atoms with Crippen LogP contribution in [0.25, 0.3) is 5.69 Å². The average molecular weight is 258 g/mol. The number of nitrogens with zero attached hydrogens (tertiary/aromatic N) is 3. The maximum absolute atomic E-state index is 12.1. The molecule has 0 atom stereocenters. The predicted octanol–water partition coefficient (Wildman–Crippen LogP) is 1.16. The van der Waals surface area contributed by atoms with Gasteiger partial charge in [-0.15, -0.1) is 0 Å². The molecule has 2 rings (SSSR count). The second-order valence-electron chi connectivity index (χ2n) is 4.34. The number of nitrogens with one attached hydrogen (secondary N) is 1. The van der Waals surface area contributed by atoms with E-state index in [1.54, 1.807) is 29.0 Å². The van der Waals surface area contributed by atoms with E-state index in [-0.39, 0.29) is 5.91 Å². The second kappa shape index (κ2) is 6.15. The molecule has 1 aromatic carbocycles. The molecule has 0 aliphatic rings. The zero-order chi connectivity index (χ0) is 13.7. The Morgan fingerprint density at radius 2 is 2.11 bits per heavy atom. The van der Waals surface area contributed by atoms with Gasteiger partial charge in [0.2, 0.25) is 0 Å². The summed E-state index contributed by atoms with van der Waals surface area (Å²) in [5.41, 5.74) is 1.54. The molecule has 1 aromatic heterocycles. The molecule has 2 aromatic rings. The smallest absolute Gasteiger partial charge is 0.256 e. The Bertz CT molecular complexity index is 535. The first kappa shape index (κ1) is 13.3. The van der Waals surface area contributed by atoms with E-state index in [1.165, 1.54) is 0 Å². The molecule has 0 aliphatic carbocycles. The third-order valence-electron chi connectivity index (χ3n) is 2.89. The second-order valence-corrected chi connectivity index (χ2v) is 4.34. The SMILES string of the molecule is CNCCN(C)C(=O)c1cnn(-c2ccccc2)c1. The van der Waals surface area contributed by atoms with Gasteiger partial charge in [0.1, 0.15) is 0 Å². The van der Waals surface area contributed by atoms with E-state index in [9.17, 15) is 4.79 Å². The highest BCUT2D eigenvalue weighted by molar-refractivity contribution is 5.93. The number of aromatic nitrogens is 2. The minimum Gasteiger partial charge on any atom is -0.340 e. The van der Waals surface area contributed by atoms with Crippen molar-refractivity contribution in [2.45, 2.75) is 0 Å². The fourth-order valence-corrected chi connectivity index (χ4v) is 1.76. The van der Waals surface area contributed by atoms with Gasteiger partial charge >= 0.3 is 0 Å². The van der Waals surface area contributed by atoms with Gasteiger partial charge in [0.05, 0.1) is 17.4 Å². The van der Waals surface area contributed by atoms with E-state index >= 15 is 0 Å². The van der Waals surface area contributed by atoms with Gasteiger partial charge in [-0.05, 0) is 19.2 Å². The van der Waals surface area contributed by atoms with E-state index in [1.807, 2.05) is 37.4 Å². The number of likely N-dealkylation sites (N-methyl/N-ethyl adjacent to an activating group) is 2. The lowest BCUT2D eigenvalue weighted by molar-refractivity contribution is 0.0797. The molecule has 0 radical (unpaired) electrons. The van der Waals surface area contributed by atoms with Crippen LogP contribution in [0.2, 0.25) is 0 Å². The fraction of sp³-hybridized carbons (Fsp3) is 0.286. The monoisotopic (exact) mass is 258 g/mol. The van der Waals surface area contributed by atoms with E-state index < -0.39 is 0 Å². The minimum absolute atomic E-state index is 0.0163. The normalized spacial score (nSPS) is 10.4. The van der Waals surface area contributed by atoms with Gasteiger partial charge in [-0.1, -0.05) is 18.2 Å². The molecule has 0 spiro atoms. The van der Waals surface area contributed by atoms with Crippen LogP contribution in [0.15, 0.2) is 42.7 Å². The molecular weight excluding hydrogens is 240 g/mol. The molecular formula is C14H18N4O. The number of hydrogen-bond donors (Lipinski definition) is 1. The molecule has 5 heteroatoms. The Kier molecular flexibility index (Phi) is 4.30. The van der Waals surface area contributed by atoms with Crippen molar-refractivity contribution in [2.24, 2.45) is 0 Å². The Labute approximate surface area is 112 Å². The van der Waals surface area contributed by atoms with Crippen LogP contribution in [-0.2, 0) is 0 Å². The summed E-state index contributed by atoms with van der Waals surface area (Å²) in [4.78, 5) is 13.8. The van der Waals surface area contributed by atoms with Crippen molar-refractivity contribution in [3.05, 3.63) is 48.3 Å². The van der Waals surface area contributed by atoms with Crippen LogP contribution in [0.5, 0.6) is 0 Å². The lowest BCUT2D eigenvalue weighted by atomic mass is 10.3. The fourth-order valence-electron chi connectivity index (χ4n) is 1.76. The maximum atomic E-state index is 12.1. The van der Waals surface area contributed by atoms with Crippen LogP contribution in [0.4, 0.5) is 0 Å². The van der Waals surface area contributed by atoms with E-state index in [0.717, 1.165) is 12.2 Å². The number of rotatable bonds is 5. The lowest BCUT2D eigenvalue weighted by Crippen LogP contribution is -2.32. The molecule has 0 saturated heterocycles. The van der Waals surface area contributed by atoms with Crippen molar-refractivity contribution >= 4 is 5.91 Å². The summed E-state index contributed by atoms with van der Waals surface area (Å²) in [6, 6.07) is 9.73. The summed E-state index contributed by atoms with van der Waals surface area (Å²) in [6.07, 6.45) is 3.36. The Hall–Kier alpha value is -2.14. The summed E-state index contributed by atoms with van der Waals surface area (Å²) in [5, 5.41) is 7.25. The number of benzene rings is 1. The topological polar surface area (TPSA) is 50.2 Å². The quantitative estimate of drug-likeness (QED) is 0.875. The number of carbonyl (C=O) groups excluding carboxylic acids is 1. The lowest BCUT2D eigenvalue weighted by Gasteiger charge is -2.15. The first-order valence-corrected chi connectivity index (χ1v) is 6.22. The van der Waals surface area contributed by atoms with Crippen molar-refractivity contribution in [3.63, 3.8) is 0 Å². The molecule has 100 valence electrons. The molecule has 0 aliphatic heterocycles. The number of hydrogen-bond acceptors (Lipinski definition) is 3. The maximum Gasteiger partial charge on any atom is 0.256 e. The van der Waals surface area contributed by atoms with Gasteiger partial charge in [-0.25, -0.2) is 4.68 Å². The van der Waals surface area contributed by atoms with Gasteiger partial charge in [0, 0.05) is 26.3 Å². The van der Waals surface area contributed by atoms with Crippen molar-refractivity contribution in [1.82, 2.24) is 20.0 Å². The summed E-state index contributed by atoms with van der Waals surface area (Å²) in [7, 11) is 3.66. The van der Waals surface area contributed by atoms with Crippen LogP contribution in [0, 0.1) is 0 Å². The Morgan fingerprint density at radius 3 is 2.79 bits per heavy atom. The van der Waals surface area contributed by atoms with Gasteiger partial charge < -0.3 is 10.2 Å². The van der Waals surface area contributed by atoms with Gasteiger partial charge in [0.25, 0.3) is 5.91 Å². The van der Waals surface area contributed by atoms with Gasteiger partial charge in [0.15, 0.2) is 0 Å². The first-order chi connectivity index (χ1) is 9.22. The Balaban J connectivity index is 2.11. The van der Waals surface area contributed by atoms with E-state index in [0.29, 0.717) is 12.1 Å². The van der Waals surface area contributed by atoms with Gasteiger partial charge in [-0.3, -0.25) is 4.79 Å². The predicted molar refractivity (Wildman–Crippen MR) is 74.5 cm³/mol. The zero-order valence-electron chi connectivity index (χ0n) is 11.2. The van der Waals surface area contributed by atoms with Crippen molar-refractivity contribution in [2.75, 3.05) is 27.2 Å². The van der Waals surface area contributed by atoms with Gasteiger partial charge in [-0.2, -0.15) is 5.10 Å². The molecule has 0 unspecified atom stereocenters. The standard InChI is InChI=1S/C14H18N4O/c1-15-8-9-17(2)14(19)12-10-16-18(11-12)13-6-4-3-5-7-13/h3-7,10-11,15H,8-9H2,1-2H3. The molecule has 5 nitrogen and oxygen atoms in total. The van der Waals surface area contributed by atoms with E-state index in [4.69, 9.17) is 0 Å². The highest BCUT2D eigenvalue weighted by Crippen LogP contribution is 2.09. The van der Waals surface area contributed by atoms with Crippen LogP contribution >= 0.6 is 0 Å². The van der Waals surface area contributed by atoms with Crippen LogP contribution < -0.4 is 5.32 Å². The minimum atomic E-state index is -0.0163. The molecule has 1 amide bonds. The van der Waals surface area contributed by atoms with Crippen molar-refractivity contribution < 1.29 is 4.79 Å². The highest BCUT2D eigenvalue weighted by Gasteiger charge is 2.13. The molecule has 0 bridgehead atoms. The number of carbonyl (C=O) groups is 1. The van der Waals surface area contributed by atoms with Crippen LogP contribution in [-0.4, -0.2) is 47.8 Å². The molecule has 1 N–H and O–H groups in total. The molecule has 1 heterocycles. The third-order valence-corrected chi connectivity index (χ3v) is 2.89. The van der Waals surface area contributed by atoms with E-state index in [2.05, 4.69) is 10.4 Å². The average Bonchev–Trinajstić information content (AvgIpc) is 2.94. The molecule has 19 heavy (non-hydrogen) atoms. The highest BCUT2D eigenvalue weighted by atomic mass is 16.2. The Morgan fingerprint density at radius 1 is 1.37 bits per heavy atom. The summed E-state index contributed by atoms with van der Waals surface area (Å²) < 4.78 is 1.71. The number of para-hydroxylation sites is 1. The summed E-state index contributed by atoms with van der Waals surface area (Å²) in [6.45, 7) is 1.45. The van der Waals surface area contributed by atoms with Crippen molar-refractivity contribution in [3.8, 4) is 5.69 Å². The zero-order valence-corrected chi connectivity index (χ0v) is 11.2.